The zero-order valence-electron chi connectivity index (χ0n) is 26.0. The second kappa shape index (κ2) is 12.4. The molecule has 3 aliphatic rings. The molecule has 43 heavy (non-hydrogen) atoms. The van der Waals surface area contributed by atoms with E-state index >= 15 is 0 Å². The van der Waals surface area contributed by atoms with Gasteiger partial charge in [0, 0.05) is 51.0 Å². The van der Waals surface area contributed by atoms with Gasteiger partial charge in [-0.15, -0.1) is 0 Å². The van der Waals surface area contributed by atoms with Gasteiger partial charge < -0.3 is 24.0 Å². The maximum Gasteiger partial charge on any atom is 0.416 e. The van der Waals surface area contributed by atoms with Crippen molar-refractivity contribution in [2.75, 3.05) is 33.8 Å². The Labute approximate surface area is 252 Å². The van der Waals surface area contributed by atoms with E-state index in [1.807, 2.05) is 32.5 Å². The Kier molecular flexibility index (Phi) is 9.17. The van der Waals surface area contributed by atoms with Crippen LogP contribution in [0.25, 0.3) is 0 Å². The molecule has 8 nitrogen and oxygen atoms in total. The summed E-state index contributed by atoms with van der Waals surface area (Å²) in [6.45, 7) is 8.44. The summed E-state index contributed by atoms with van der Waals surface area (Å²) in [5.74, 6) is 0.168. The zero-order chi connectivity index (χ0) is 31.0. The van der Waals surface area contributed by atoms with Crippen molar-refractivity contribution in [2.45, 2.75) is 108 Å². The van der Waals surface area contributed by atoms with Gasteiger partial charge in [0.2, 0.25) is 0 Å². The lowest BCUT2D eigenvalue weighted by molar-refractivity contribution is -0.137. The minimum atomic E-state index is -4.38. The van der Waals surface area contributed by atoms with Crippen molar-refractivity contribution >= 4 is 6.09 Å². The van der Waals surface area contributed by atoms with Gasteiger partial charge in [0.05, 0.1) is 23.5 Å². The van der Waals surface area contributed by atoms with E-state index in [1.54, 1.807) is 18.0 Å². The largest absolute Gasteiger partial charge is 0.444 e. The summed E-state index contributed by atoms with van der Waals surface area (Å²) in [5.41, 5.74) is 1.84. The third-order valence-electron chi connectivity index (χ3n) is 8.87. The lowest BCUT2D eigenvalue weighted by atomic mass is 9.73. The molecular weight excluding hydrogens is 561 g/mol. The Morgan fingerprint density at radius 1 is 1.12 bits per heavy atom. The molecule has 1 spiro atoms. The monoisotopic (exact) mass is 606 g/mol. The normalized spacial score (nSPS) is 24.4. The number of carbonyl (C=O) groups excluding carboxylic acids is 1. The Bertz CT molecular complexity index is 1270. The summed E-state index contributed by atoms with van der Waals surface area (Å²) in [5, 5.41) is 5.07. The fraction of sp³-hybridized carbons (Fsp3) is 0.688. The van der Waals surface area contributed by atoms with Gasteiger partial charge in [-0.1, -0.05) is 6.07 Å². The second-order valence-corrected chi connectivity index (χ2v) is 13.4. The first-order chi connectivity index (χ1) is 20.2. The third-order valence-corrected chi connectivity index (χ3v) is 8.87. The molecule has 5 rings (SSSR count). The topological polar surface area (TPSA) is 69.1 Å². The van der Waals surface area contributed by atoms with Gasteiger partial charge in [-0.3, -0.25) is 0 Å². The number of hydrogen-bond donors (Lipinski definition) is 0. The fourth-order valence-electron chi connectivity index (χ4n) is 6.48. The van der Waals surface area contributed by atoms with Crippen molar-refractivity contribution in [1.29, 1.82) is 0 Å². The van der Waals surface area contributed by atoms with Gasteiger partial charge in [0.1, 0.15) is 11.8 Å². The molecule has 1 amide bonds. The number of carbonyl (C=O) groups is 1. The zero-order valence-corrected chi connectivity index (χ0v) is 26.0. The summed E-state index contributed by atoms with van der Waals surface area (Å²) < 4.78 is 60.3. The molecule has 0 N–H and O–H groups in total. The number of amides is 1. The molecule has 2 aromatic rings. The number of alkyl halides is 3. The van der Waals surface area contributed by atoms with E-state index in [1.165, 1.54) is 6.07 Å². The van der Waals surface area contributed by atoms with E-state index < -0.39 is 22.9 Å². The lowest BCUT2D eigenvalue weighted by Gasteiger charge is -2.37. The van der Waals surface area contributed by atoms with E-state index in [0.717, 1.165) is 55.0 Å². The van der Waals surface area contributed by atoms with Crippen molar-refractivity contribution in [3.63, 3.8) is 0 Å². The van der Waals surface area contributed by atoms with Crippen LogP contribution in [-0.4, -0.2) is 65.1 Å². The van der Waals surface area contributed by atoms with Gasteiger partial charge in [-0.25, -0.2) is 9.48 Å². The standard InChI is InChI=1S/C32H45F3N4O4/c1-30(2,3)43-29(40)38(5)16-15-37(4)19-24-20-39(27-8-6-7-17-41-27)36-28(24)22-11-13-31(14-12-22)26-18-25(32(33,34)35)10-9-23(26)21-42-31/h9-10,18,20,22,27H,6-8,11-17,19,21H2,1-5H3. The highest BCUT2D eigenvalue weighted by Crippen LogP contribution is 2.51. The van der Waals surface area contributed by atoms with Crippen LogP contribution in [-0.2, 0) is 39.1 Å². The Hall–Kier alpha value is -2.63. The van der Waals surface area contributed by atoms with Crippen molar-refractivity contribution in [2.24, 2.45) is 0 Å². The highest BCUT2D eigenvalue weighted by molar-refractivity contribution is 5.67. The van der Waals surface area contributed by atoms with Crippen molar-refractivity contribution in [3.8, 4) is 0 Å². The molecule has 238 valence electrons. The van der Waals surface area contributed by atoms with E-state index in [4.69, 9.17) is 19.3 Å². The lowest BCUT2D eigenvalue weighted by Crippen LogP contribution is -2.38. The number of aromatic nitrogens is 2. The molecule has 1 aromatic carbocycles. The molecule has 0 bridgehead atoms. The van der Waals surface area contributed by atoms with Gasteiger partial charge in [0.25, 0.3) is 0 Å². The first-order valence-corrected chi connectivity index (χ1v) is 15.4. The molecule has 1 aliphatic carbocycles. The Balaban J connectivity index is 1.29. The van der Waals surface area contributed by atoms with Crippen LogP contribution in [0.15, 0.2) is 24.4 Å². The smallest absolute Gasteiger partial charge is 0.416 e. The maximum absolute atomic E-state index is 13.5. The van der Waals surface area contributed by atoms with Gasteiger partial charge >= 0.3 is 12.3 Å². The average Bonchev–Trinajstić information content (AvgIpc) is 3.53. The molecule has 1 aromatic heterocycles. The van der Waals surface area contributed by atoms with Gasteiger partial charge in [-0.05, 0) is 96.0 Å². The number of halogens is 3. The molecule has 1 saturated carbocycles. The number of likely N-dealkylation sites (N-methyl/N-ethyl adjacent to an activating group) is 2. The quantitative estimate of drug-likeness (QED) is 0.339. The highest BCUT2D eigenvalue weighted by Gasteiger charge is 2.45. The SMILES string of the molecule is CN(CCN(C)C(=O)OC(C)(C)C)Cc1cn(C2CCCCO2)nc1C1CCC2(CC1)OCc1ccc(C(F)(F)F)cc12. The van der Waals surface area contributed by atoms with Crippen LogP contribution in [0.3, 0.4) is 0 Å². The molecule has 1 saturated heterocycles. The summed E-state index contributed by atoms with van der Waals surface area (Å²) in [6, 6.07) is 4.02. The highest BCUT2D eigenvalue weighted by atomic mass is 19.4. The Morgan fingerprint density at radius 3 is 2.51 bits per heavy atom. The minimum Gasteiger partial charge on any atom is -0.444 e. The first kappa shape index (κ1) is 31.8. The van der Waals surface area contributed by atoms with Crippen LogP contribution in [0.2, 0.25) is 0 Å². The van der Waals surface area contributed by atoms with Crippen molar-refractivity contribution in [1.82, 2.24) is 19.6 Å². The molecule has 2 aliphatic heterocycles. The van der Waals surface area contributed by atoms with Crippen LogP contribution in [0, 0.1) is 0 Å². The number of nitrogens with zero attached hydrogens (tertiary/aromatic N) is 4. The first-order valence-electron chi connectivity index (χ1n) is 15.4. The predicted octanol–water partition coefficient (Wildman–Crippen LogP) is 6.98. The fourth-order valence-corrected chi connectivity index (χ4v) is 6.48. The van der Waals surface area contributed by atoms with E-state index in [2.05, 4.69) is 11.1 Å². The minimum absolute atomic E-state index is 0.0920. The maximum atomic E-state index is 13.5. The van der Waals surface area contributed by atoms with Gasteiger partial charge in [-0.2, -0.15) is 18.3 Å². The number of hydrogen-bond acceptors (Lipinski definition) is 6. The van der Waals surface area contributed by atoms with Crippen LogP contribution in [0.4, 0.5) is 18.0 Å². The van der Waals surface area contributed by atoms with Crippen LogP contribution in [0.1, 0.15) is 106 Å². The molecular formula is C32H45F3N4O4. The van der Waals surface area contributed by atoms with Crippen LogP contribution in [0.5, 0.6) is 0 Å². The van der Waals surface area contributed by atoms with Gasteiger partial charge in [0.15, 0.2) is 0 Å². The second-order valence-electron chi connectivity index (χ2n) is 13.4. The summed E-state index contributed by atoms with van der Waals surface area (Å²) in [7, 11) is 3.77. The van der Waals surface area contributed by atoms with Crippen molar-refractivity contribution < 1.29 is 32.2 Å². The number of fused-ring (bicyclic) bond motifs is 2. The third kappa shape index (κ3) is 7.37. The van der Waals surface area contributed by atoms with Crippen LogP contribution < -0.4 is 0 Å². The van der Waals surface area contributed by atoms with E-state index in [-0.39, 0.29) is 18.2 Å². The average molecular weight is 607 g/mol. The summed E-state index contributed by atoms with van der Waals surface area (Å²) in [4.78, 5) is 16.2. The van der Waals surface area contributed by atoms with Crippen molar-refractivity contribution in [3.05, 3.63) is 52.3 Å². The molecule has 1 atom stereocenters. The molecule has 0 radical (unpaired) electrons. The predicted molar refractivity (Wildman–Crippen MR) is 155 cm³/mol. The van der Waals surface area contributed by atoms with E-state index in [9.17, 15) is 18.0 Å². The Morgan fingerprint density at radius 2 is 1.86 bits per heavy atom. The van der Waals surface area contributed by atoms with Crippen LogP contribution >= 0.6 is 0 Å². The molecule has 2 fully saturated rings. The summed E-state index contributed by atoms with van der Waals surface area (Å²) in [6.07, 6.45) is 3.17. The molecule has 3 heterocycles. The number of benzene rings is 1. The molecule has 11 heteroatoms. The number of rotatable bonds is 7. The molecule has 1 unspecified atom stereocenters. The van der Waals surface area contributed by atoms with E-state index in [0.29, 0.717) is 51.3 Å². The number of ether oxygens (including phenoxy) is 3. The summed E-state index contributed by atoms with van der Waals surface area (Å²) >= 11 is 0.